The average molecular weight is 422 g/mol. The topological polar surface area (TPSA) is 87.9 Å². The number of rotatable bonds is 4. The number of ketones is 1. The van der Waals surface area contributed by atoms with Gasteiger partial charge in [0.05, 0.1) is 5.54 Å². The summed E-state index contributed by atoms with van der Waals surface area (Å²) in [6.45, 7) is 4.88. The van der Waals surface area contributed by atoms with Crippen LogP contribution in [0.5, 0.6) is 0 Å². The van der Waals surface area contributed by atoms with E-state index in [4.69, 9.17) is 0 Å². The summed E-state index contributed by atoms with van der Waals surface area (Å²) in [4.78, 5) is 50.5. The molecule has 1 saturated heterocycles. The number of fused-ring (bicyclic) bond motifs is 2. The van der Waals surface area contributed by atoms with E-state index in [-0.39, 0.29) is 17.5 Å². The molecule has 31 heavy (non-hydrogen) atoms. The quantitative estimate of drug-likeness (QED) is 0.557. The third-order valence-electron chi connectivity index (χ3n) is 7.04. The maximum absolute atomic E-state index is 13.1. The van der Waals surface area contributed by atoms with Gasteiger partial charge < -0.3 is 14.4 Å². The fourth-order valence-corrected chi connectivity index (χ4v) is 5.46. The van der Waals surface area contributed by atoms with Crippen molar-refractivity contribution in [2.75, 3.05) is 13.1 Å². The molecule has 1 unspecified atom stereocenters. The van der Waals surface area contributed by atoms with Gasteiger partial charge in [-0.15, -0.1) is 0 Å². The Bertz CT molecular complexity index is 1100. The molecule has 2 aromatic rings. The van der Waals surface area contributed by atoms with Gasteiger partial charge in [0.25, 0.3) is 11.7 Å². The van der Waals surface area contributed by atoms with Gasteiger partial charge in [-0.3, -0.25) is 14.4 Å². The van der Waals surface area contributed by atoms with Crippen molar-refractivity contribution in [1.29, 1.82) is 0 Å². The lowest BCUT2D eigenvalue weighted by Crippen LogP contribution is -2.66. The van der Waals surface area contributed by atoms with Crippen LogP contribution in [0.25, 0.3) is 11.0 Å². The Morgan fingerprint density at radius 3 is 2.65 bits per heavy atom. The molecule has 0 bridgehead atoms. The third kappa shape index (κ3) is 3.07. The van der Waals surface area contributed by atoms with Crippen LogP contribution >= 0.6 is 0 Å². The first-order chi connectivity index (χ1) is 14.9. The van der Waals surface area contributed by atoms with Crippen LogP contribution in [0.15, 0.2) is 35.6 Å². The zero-order valence-electron chi connectivity index (χ0n) is 18.0. The molecular weight excluding hydrogens is 394 g/mol. The molecule has 2 amide bonds. The van der Waals surface area contributed by atoms with Crippen molar-refractivity contribution in [2.24, 2.45) is 4.99 Å². The van der Waals surface area contributed by atoms with Gasteiger partial charge in [-0.25, -0.2) is 4.98 Å². The molecule has 0 radical (unpaired) electrons. The number of hydrogen-bond acceptors (Lipinski definition) is 5. The molecule has 0 aromatic carbocycles. The second kappa shape index (κ2) is 7.28. The molecule has 4 heterocycles. The Kier molecular flexibility index (Phi) is 4.68. The summed E-state index contributed by atoms with van der Waals surface area (Å²) in [7, 11) is 0. The average Bonchev–Trinajstić information content (AvgIpc) is 3.39. The van der Waals surface area contributed by atoms with Crippen LogP contribution in [-0.2, 0) is 19.9 Å². The third-order valence-corrected chi connectivity index (χ3v) is 7.04. The number of aliphatic imine (C=N–C) groups is 1. The second-order valence-corrected chi connectivity index (χ2v) is 9.13. The van der Waals surface area contributed by atoms with Gasteiger partial charge in [-0.05, 0) is 44.9 Å². The van der Waals surface area contributed by atoms with Gasteiger partial charge in [-0.1, -0.05) is 12.8 Å². The van der Waals surface area contributed by atoms with Crippen molar-refractivity contribution in [3.8, 4) is 0 Å². The Hall–Kier alpha value is -3.03. The molecule has 5 rings (SSSR count). The number of amides is 2. The van der Waals surface area contributed by atoms with Gasteiger partial charge in [-0.2, -0.15) is 4.99 Å². The standard InChI is InChI=1S/C23H27N5O3/c1-15(2)26-12-13-27-17(25-21(30)19(29)18(27)22(26)31)14-23(8-3-4-9-23)28-11-7-16-6-5-10-24-20(16)28/h5-7,10-11,15,18H,3-4,8-9,12-14H2,1-2H3. The summed E-state index contributed by atoms with van der Waals surface area (Å²) in [6, 6.07) is 4.94. The van der Waals surface area contributed by atoms with Crippen molar-refractivity contribution in [3.05, 3.63) is 30.6 Å². The molecule has 0 N–H and O–H groups in total. The molecular formula is C23H27N5O3. The smallest absolute Gasteiger partial charge is 0.317 e. The van der Waals surface area contributed by atoms with Crippen molar-refractivity contribution >= 4 is 34.5 Å². The van der Waals surface area contributed by atoms with Gasteiger partial charge >= 0.3 is 5.91 Å². The molecule has 8 heteroatoms. The van der Waals surface area contributed by atoms with E-state index < -0.39 is 17.7 Å². The van der Waals surface area contributed by atoms with E-state index in [9.17, 15) is 14.4 Å². The zero-order chi connectivity index (χ0) is 21.8. The fourth-order valence-electron chi connectivity index (χ4n) is 5.46. The summed E-state index contributed by atoms with van der Waals surface area (Å²) in [5, 5.41) is 1.07. The van der Waals surface area contributed by atoms with Crippen LogP contribution in [0, 0.1) is 0 Å². The maximum Gasteiger partial charge on any atom is 0.317 e. The number of pyridine rings is 1. The Morgan fingerprint density at radius 1 is 1.13 bits per heavy atom. The number of carbonyl (C=O) groups excluding carboxylic acids is 3. The predicted molar refractivity (Wildman–Crippen MR) is 116 cm³/mol. The van der Waals surface area contributed by atoms with Gasteiger partial charge in [0.2, 0.25) is 0 Å². The predicted octanol–water partition coefficient (Wildman–Crippen LogP) is 2.12. The molecule has 1 aliphatic carbocycles. The number of Topliss-reactive ketones (excluding diaryl/α,β-unsaturated/α-hetero) is 1. The van der Waals surface area contributed by atoms with Crippen LogP contribution in [0.2, 0.25) is 0 Å². The van der Waals surface area contributed by atoms with Gasteiger partial charge in [0.1, 0.15) is 11.5 Å². The van der Waals surface area contributed by atoms with Crippen molar-refractivity contribution in [2.45, 2.75) is 63.6 Å². The summed E-state index contributed by atoms with van der Waals surface area (Å²) >= 11 is 0. The van der Waals surface area contributed by atoms with Gasteiger partial charge in [0.15, 0.2) is 6.04 Å². The van der Waals surface area contributed by atoms with E-state index in [2.05, 4.69) is 26.8 Å². The molecule has 0 spiro atoms. The van der Waals surface area contributed by atoms with Crippen LogP contribution in [0.4, 0.5) is 0 Å². The minimum Gasteiger partial charge on any atom is -0.339 e. The Morgan fingerprint density at radius 2 is 1.90 bits per heavy atom. The molecule has 8 nitrogen and oxygen atoms in total. The first kappa shape index (κ1) is 19.9. The Labute approximate surface area is 180 Å². The second-order valence-electron chi connectivity index (χ2n) is 9.13. The highest BCUT2D eigenvalue weighted by Gasteiger charge is 2.49. The van der Waals surface area contributed by atoms with Crippen LogP contribution < -0.4 is 0 Å². The molecule has 2 aromatic heterocycles. The highest BCUT2D eigenvalue weighted by atomic mass is 16.2. The molecule has 2 fully saturated rings. The largest absolute Gasteiger partial charge is 0.339 e. The minimum absolute atomic E-state index is 0.0154. The summed E-state index contributed by atoms with van der Waals surface area (Å²) in [5.74, 6) is -1.25. The van der Waals surface area contributed by atoms with Crippen LogP contribution in [-0.4, -0.2) is 68.0 Å². The molecule has 3 aliphatic rings. The SMILES string of the molecule is CC(C)N1CCN2C(CC3(n4ccc5cccnc54)CCCC3)=NC(=O)C(=O)C2C1=O. The highest BCUT2D eigenvalue weighted by Crippen LogP contribution is 2.42. The van der Waals surface area contributed by atoms with E-state index in [1.807, 2.05) is 26.0 Å². The first-order valence-corrected chi connectivity index (χ1v) is 11.1. The zero-order valence-corrected chi connectivity index (χ0v) is 18.0. The van der Waals surface area contributed by atoms with Gasteiger partial charge in [0, 0.05) is 43.3 Å². The lowest BCUT2D eigenvalue weighted by Gasteiger charge is -2.45. The van der Waals surface area contributed by atoms with Crippen LogP contribution in [0.1, 0.15) is 46.0 Å². The van der Waals surface area contributed by atoms with E-state index in [0.29, 0.717) is 25.3 Å². The van der Waals surface area contributed by atoms with E-state index in [1.54, 1.807) is 16.0 Å². The van der Waals surface area contributed by atoms with E-state index in [1.165, 1.54) is 0 Å². The van der Waals surface area contributed by atoms with Crippen molar-refractivity contribution in [3.63, 3.8) is 0 Å². The summed E-state index contributed by atoms with van der Waals surface area (Å²) < 4.78 is 2.22. The lowest BCUT2D eigenvalue weighted by atomic mass is 9.89. The molecule has 1 saturated carbocycles. The summed E-state index contributed by atoms with van der Waals surface area (Å²) in [6.07, 6.45) is 8.42. The number of piperazine rings is 1. The van der Waals surface area contributed by atoms with Crippen molar-refractivity contribution in [1.82, 2.24) is 19.4 Å². The lowest BCUT2D eigenvalue weighted by molar-refractivity contribution is -0.151. The molecule has 162 valence electrons. The van der Waals surface area contributed by atoms with Crippen LogP contribution in [0.3, 0.4) is 0 Å². The fraction of sp³-hybridized carbons (Fsp3) is 0.522. The summed E-state index contributed by atoms with van der Waals surface area (Å²) in [5.41, 5.74) is 0.652. The highest BCUT2D eigenvalue weighted by molar-refractivity contribution is 6.45. The molecule has 1 atom stereocenters. The number of amidine groups is 1. The Balaban J connectivity index is 1.53. The van der Waals surface area contributed by atoms with E-state index in [0.717, 1.165) is 36.7 Å². The maximum atomic E-state index is 13.1. The number of carbonyl (C=O) groups is 3. The monoisotopic (exact) mass is 421 g/mol. The minimum atomic E-state index is -1.07. The first-order valence-electron chi connectivity index (χ1n) is 11.1. The normalized spacial score (nSPS) is 23.6. The molecule has 2 aliphatic heterocycles. The number of aromatic nitrogens is 2. The van der Waals surface area contributed by atoms with Crippen molar-refractivity contribution < 1.29 is 14.4 Å². The number of hydrogen-bond donors (Lipinski definition) is 0. The van der Waals surface area contributed by atoms with E-state index >= 15 is 0 Å². The number of nitrogens with zero attached hydrogens (tertiary/aromatic N) is 5.